The lowest BCUT2D eigenvalue weighted by Gasteiger charge is -2.07. The molecular formula is C14H16N4O2. The van der Waals surface area contributed by atoms with E-state index in [4.69, 9.17) is 0 Å². The lowest BCUT2D eigenvalue weighted by Crippen LogP contribution is -2.33. The van der Waals surface area contributed by atoms with Crippen molar-refractivity contribution in [2.24, 2.45) is 0 Å². The Balaban J connectivity index is 2.21. The van der Waals surface area contributed by atoms with E-state index in [-0.39, 0.29) is 18.0 Å². The predicted octanol–water partition coefficient (Wildman–Crippen LogP) is 0.831. The zero-order chi connectivity index (χ0) is 14.4. The Bertz CT molecular complexity index is 637. The van der Waals surface area contributed by atoms with E-state index >= 15 is 0 Å². The third-order valence-electron chi connectivity index (χ3n) is 2.71. The largest absolute Gasteiger partial charge is 0.355 e. The SMILES string of the molecule is CCCNC(=O)Cn1nc(-c2ccncc2)ccc1=O. The van der Waals surface area contributed by atoms with E-state index in [0.717, 1.165) is 12.0 Å². The molecule has 20 heavy (non-hydrogen) atoms. The van der Waals surface area contributed by atoms with E-state index in [9.17, 15) is 9.59 Å². The molecule has 0 spiro atoms. The summed E-state index contributed by atoms with van der Waals surface area (Å²) < 4.78 is 1.17. The van der Waals surface area contributed by atoms with Crippen molar-refractivity contribution in [3.63, 3.8) is 0 Å². The van der Waals surface area contributed by atoms with Crippen LogP contribution >= 0.6 is 0 Å². The minimum Gasteiger partial charge on any atom is -0.355 e. The van der Waals surface area contributed by atoms with Crippen molar-refractivity contribution in [1.82, 2.24) is 20.1 Å². The highest BCUT2D eigenvalue weighted by atomic mass is 16.2. The molecule has 2 aromatic heterocycles. The van der Waals surface area contributed by atoms with Crippen molar-refractivity contribution in [1.29, 1.82) is 0 Å². The van der Waals surface area contributed by atoms with Gasteiger partial charge in [0.05, 0.1) is 5.69 Å². The summed E-state index contributed by atoms with van der Waals surface area (Å²) >= 11 is 0. The van der Waals surface area contributed by atoms with Gasteiger partial charge in [-0.3, -0.25) is 14.6 Å². The van der Waals surface area contributed by atoms with Crippen molar-refractivity contribution >= 4 is 5.91 Å². The highest BCUT2D eigenvalue weighted by Gasteiger charge is 2.07. The van der Waals surface area contributed by atoms with Crippen LogP contribution in [0.15, 0.2) is 41.5 Å². The summed E-state index contributed by atoms with van der Waals surface area (Å²) in [4.78, 5) is 27.3. The van der Waals surface area contributed by atoms with Crippen LogP contribution < -0.4 is 10.9 Å². The average Bonchev–Trinajstić information content (AvgIpc) is 2.48. The molecule has 0 radical (unpaired) electrons. The Morgan fingerprint density at radius 2 is 2.00 bits per heavy atom. The van der Waals surface area contributed by atoms with Gasteiger partial charge < -0.3 is 5.32 Å². The fourth-order valence-electron chi connectivity index (χ4n) is 1.70. The van der Waals surface area contributed by atoms with Gasteiger partial charge in [0.2, 0.25) is 5.91 Å². The summed E-state index contributed by atoms with van der Waals surface area (Å²) in [6.45, 7) is 2.49. The molecule has 0 unspecified atom stereocenters. The smallest absolute Gasteiger partial charge is 0.267 e. The number of hydrogen-bond donors (Lipinski definition) is 1. The zero-order valence-corrected chi connectivity index (χ0v) is 11.2. The average molecular weight is 272 g/mol. The van der Waals surface area contributed by atoms with Gasteiger partial charge >= 0.3 is 0 Å². The standard InChI is InChI=1S/C14H16N4O2/c1-2-7-16-13(19)10-18-14(20)4-3-12(17-18)11-5-8-15-9-6-11/h3-6,8-9H,2,7,10H2,1H3,(H,16,19). The minimum atomic E-state index is -0.297. The number of amides is 1. The van der Waals surface area contributed by atoms with Gasteiger partial charge in [0.1, 0.15) is 6.54 Å². The molecule has 6 heteroatoms. The van der Waals surface area contributed by atoms with Crippen molar-refractivity contribution in [3.8, 4) is 11.3 Å². The number of rotatable bonds is 5. The summed E-state index contributed by atoms with van der Waals surface area (Å²) in [5.74, 6) is -0.215. The van der Waals surface area contributed by atoms with Gasteiger partial charge in [-0.15, -0.1) is 0 Å². The van der Waals surface area contributed by atoms with E-state index in [1.807, 2.05) is 6.92 Å². The molecule has 0 bridgehead atoms. The molecule has 104 valence electrons. The quantitative estimate of drug-likeness (QED) is 0.874. The number of aromatic nitrogens is 3. The highest BCUT2D eigenvalue weighted by Crippen LogP contribution is 2.12. The Kier molecular flexibility index (Phi) is 4.60. The predicted molar refractivity (Wildman–Crippen MR) is 75.0 cm³/mol. The molecule has 1 N–H and O–H groups in total. The summed E-state index contributed by atoms with van der Waals surface area (Å²) in [5.41, 5.74) is 1.19. The number of pyridine rings is 1. The van der Waals surface area contributed by atoms with E-state index in [1.54, 1.807) is 30.6 Å². The zero-order valence-electron chi connectivity index (χ0n) is 11.2. The van der Waals surface area contributed by atoms with Crippen molar-refractivity contribution < 1.29 is 4.79 Å². The number of carbonyl (C=O) groups is 1. The second-order valence-electron chi connectivity index (χ2n) is 4.30. The molecule has 0 aliphatic rings. The van der Waals surface area contributed by atoms with E-state index < -0.39 is 0 Å². The Morgan fingerprint density at radius 1 is 1.25 bits per heavy atom. The first-order chi connectivity index (χ1) is 9.70. The maximum Gasteiger partial charge on any atom is 0.267 e. The molecule has 2 aromatic rings. The number of carbonyl (C=O) groups excluding carboxylic acids is 1. The molecule has 1 amide bonds. The molecule has 0 saturated heterocycles. The summed E-state index contributed by atoms with van der Waals surface area (Å²) in [6.07, 6.45) is 4.16. The number of hydrogen-bond acceptors (Lipinski definition) is 4. The van der Waals surface area contributed by atoms with Crippen molar-refractivity contribution in [2.45, 2.75) is 19.9 Å². The van der Waals surface area contributed by atoms with Gasteiger partial charge in [-0.1, -0.05) is 6.92 Å². The van der Waals surface area contributed by atoms with Crippen LogP contribution in [0.1, 0.15) is 13.3 Å². The van der Waals surface area contributed by atoms with Gasteiger partial charge in [-0.2, -0.15) is 5.10 Å². The second-order valence-corrected chi connectivity index (χ2v) is 4.30. The van der Waals surface area contributed by atoms with Crippen LogP contribution in [0, 0.1) is 0 Å². The van der Waals surface area contributed by atoms with E-state index in [2.05, 4.69) is 15.4 Å². The van der Waals surface area contributed by atoms with E-state index in [0.29, 0.717) is 12.2 Å². The maximum absolute atomic E-state index is 11.7. The highest BCUT2D eigenvalue weighted by molar-refractivity contribution is 5.75. The molecule has 0 aliphatic carbocycles. The summed E-state index contributed by atoms with van der Waals surface area (Å²) in [5, 5.41) is 6.92. The van der Waals surface area contributed by atoms with Crippen molar-refractivity contribution in [3.05, 3.63) is 47.0 Å². The lowest BCUT2D eigenvalue weighted by molar-refractivity contribution is -0.121. The van der Waals surface area contributed by atoms with Gasteiger partial charge in [0.15, 0.2) is 0 Å². The van der Waals surface area contributed by atoms with Gasteiger partial charge in [-0.25, -0.2) is 4.68 Å². The maximum atomic E-state index is 11.7. The summed E-state index contributed by atoms with van der Waals surface area (Å²) in [7, 11) is 0. The lowest BCUT2D eigenvalue weighted by atomic mass is 10.2. The first kappa shape index (κ1) is 13.9. The molecule has 2 rings (SSSR count). The molecule has 6 nitrogen and oxygen atoms in total. The first-order valence-corrected chi connectivity index (χ1v) is 6.46. The van der Waals surface area contributed by atoms with Gasteiger partial charge in [-0.05, 0) is 24.6 Å². The number of nitrogens with zero attached hydrogens (tertiary/aromatic N) is 3. The normalized spacial score (nSPS) is 10.2. The minimum absolute atomic E-state index is 0.0717. The van der Waals surface area contributed by atoms with Crippen LogP contribution in [-0.4, -0.2) is 27.2 Å². The monoisotopic (exact) mass is 272 g/mol. The molecule has 0 atom stereocenters. The molecular weight excluding hydrogens is 256 g/mol. The Hall–Kier alpha value is -2.50. The second kappa shape index (κ2) is 6.60. The fraction of sp³-hybridized carbons (Fsp3) is 0.286. The molecule has 0 aromatic carbocycles. The summed E-state index contributed by atoms with van der Waals surface area (Å²) in [6, 6.07) is 6.65. The third kappa shape index (κ3) is 3.50. The third-order valence-corrected chi connectivity index (χ3v) is 2.71. The number of nitrogens with one attached hydrogen (secondary N) is 1. The molecule has 0 aliphatic heterocycles. The van der Waals surface area contributed by atoms with Crippen LogP contribution in [-0.2, 0) is 11.3 Å². The van der Waals surface area contributed by atoms with Crippen LogP contribution in [0.5, 0.6) is 0 Å². The Labute approximate surface area is 116 Å². The van der Waals surface area contributed by atoms with Gasteiger partial charge in [0, 0.05) is 30.6 Å². The van der Waals surface area contributed by atoms with E-state index in [1.165, 1.54) is 10.7 Å². The molecule has 0 fully saturated rings. The van der Waals surface area contributed by atoms with Crippen LogP contribution in [0.25, 0.3) is 11.3 Å². The first-order valence-electron chi connectivity index (χ1n) is 6.46. The van der Waals surface area contributed by atoms with Crippen LogP contribution in [0.3, 0.4) is 0 Å². The van der Waals surface area contributed by atoms with Gasteiger partial charge in [0.25, 0.3) is 5.56 Å². The molecule has 2 heterocycles. The Morgan fingerprint density at radius 3 is 2.70 bits per heavy atom. The molecule has 0 saturated carbocycles. The fourth-order valence-corrected chi connectivity index (χ4v) is 1.70. The topological polar surface area (TPSA) is 76.9 Å². The van der Waals surface area contributed by atoms with Crippen molar-refractivity contribution in [2.75, 3.05) is 6.54 Å². The van der Waals surface area contributed by atoms with Crippen LogP contribution in [0.2, 0.25) is 0 Å². The van der Waals surface area contributed by atoms with Crippen LogP contribution in [0.4, 0.5) is 0 Å².